The fraction of sp³-hybridized carbons (Fsp3) is 0.400. The van der Waals surface area contributed by atoms with Crippen LogP contribution in [-0.4, -0.2) is 39.9 Å². The molecule has 174 valence electrons. The summed E-state index contributed by atoms with van der Waals surface area (Å²) in [5, 5.41) is 11.1. The first-order chi connectivity index (χ1) is 15.7. The van der Waals surface area contributed by atoms with Gasteiger partial charge in [0.2, 0.25) is 0 Å². The van der Waals surface area contributed by atoms with E-state index in [9.17, 15) is 4.79 Å². The Labute approximate surface area is 195 Å². The van der Waals surface area contributed by atoms with Crippen LogP contribution >= 0.6 is 0 Å². The maximum absolute atomic E-state index is 11.2. The lowest BCUT2D eigenvalue weighted by Gasteiger charge is -2.35. The summed E-state index contributed by atoms with van der Waals surface area (Å²) in [6.45, 7) is 10.5. The van der Waals surface area contributed by atoms with E-state index in [1.807, 2.05) is 16.8 Å². The van der Waals surface area contributed by atoms with Crippen LogP contribution in [0.15, 0.2) is 48.7 Å². The number of amides is 2. The van der Waals surface area contributed by atoms with Crippen LogP contribution in [0.2, 0.25) is 0 Å². The Morgan fingerprint density at radius 2 is 1.85 bits per heavy atom. The van der Waals surface area contributed by atoms with Gasteiger partial charge in [-0.05, 0) is 57.1 Å². The lowest BCUT2D eigenvalue weighted by Crippen LogP contribution is -2.42. The highest BCUT2D eigenvalue weighted by molar-refractivity contribution is 5.87. The van der Waals surface area contributed by atoms with Gasteiger partial charge in [-0.2, -0.15) is 5.10 Å². The number of rotatable bonds is 5. The van der Waals surface area contributed by atoms with Crippen LogP contribution in [0.3, 0.4) is 0 Å². The first-order valence-corrected chi connectivity index (χ1v) is 11.4. The molecule has 1 fully saturated rings. The zero-order valence-corrected chi connectivity index (χ0v) is 19.8. The molecule has 1 aromatic carbocycles. The molecule has 0 aliphatic carbocycles. The molecule has 3 heterocycles. The molecule has 0 saturated carbocycles. The molecule has 1 saturated heterocycles. The third-order valence-electron chi connectivity index (χ3n) is 5.92. The Morgan fingerprint density at radius 3 is 2.42 bits per heavy atom. The number of carbonyl (C=O) groups excluding carboxylic acids is 1. The maximum Gasteiger partial charge on any atom is 0.316 e. The van der Waals surface area contributed by atoms with E-state index in [0.29, 0.717) is 5.69 Å². The molecule has 8 nitrogen and oxygen atoms in total. The number of primary amides is 1. The predicted octanol–water partition coefficient (Wildman–Crippen LogP) is 4.25. The Morgan fingerprint density at radius 1 is 1.15 bits per heavy atom. The van der Waals surface area contributed by atoms with Gasteiger partial charge in [0, 0.05) is 17.5 Å². The number of hydrogen-bond acceptors (Lipinski definition) is 5. The molecule has 1 aliphatic heterocycles. The normalized spacial score (nSPS) is 14.8. The van der Waals surface area contributed by atoms with Crippen molar-refractivity contribution in [3.63, 3.8) is 0 Å². The van der Waals surface area contributed by atoms with Gasteiger partial charge < -0.3 is 21.3 Å². The van der Waals surface area contributed by atoms with Gasteiger partial charge in [-0.15, -0.1) is 0 Å². The van der Waals surface area contributed by atoms with Crippen LogP contribution in [0.25, 0.3) is 5.69 Å². The molecule has 3 aromatic rings. The van der Waals surface area contributed by atoms with Gasteiger partial charge in [0.25, 0.3) is 0 Å². The minimum Gasteiger partial charge on any atom is -0.351 e. The number of nitrogens with two attached hydrogens (primary N) is 1. The van der Waals surface area contributed by atoms with Crippen molar-refractivity contribution < 1.29 is 4.79 Å². The fourth-order valence-electron chi connectivity index (χ4n) is 4.09. The number of anilines is 3. The van der Waals surface area contributed by atoms with E-state index in [1.165, 1.54) is 5.56 Å². The summed E-state index contributed by atoms with van der Waals surface area (Å²) in [4.78, 5) is 18.2. The van der Waals surface area contributed by atoms with E-state index in [4.69, 9.17) is 15.8 Å². The molecule has 0 atom stereocenters. The molecule has 0 bridgehead atoms. The third-order valence-corrected chi connectivity index (χ3v) is 5.92. The van der Waals surface area contributed by atoms with Crippen LogP contribution in [0.1, 0.15) is 44.9 Å². The molecule has 1 aliphatic rings. The van der Waals surface area contributed by atoms with Gasteiger partial charge in [0.15, 0.2) is 0 Å². The average molecular weight is 448 g/mol. The van der Waals surface area contributed by atoms with Crippen molar-refractivity contribution in [2.24, 2.45) is 5.73 Å². The summed E-state index contributed by atoms with van der Waals surface area (Å²) in [6, 6.07) is 14.0. The van der Waals surface area contributed by atoms with Crippen molar-refractivity contribution in [1.82, 2.24) is 20.1 Å². The number of hydrogen-bond donors (Lipinski definition) is 3. The van der Waals surface area contributed by atoms with Gasteiger partial charge in [-0.25, -0.2) is 14.5 Å². The van der Waals surface area contributed by atoms with E-state index in [-0.39, 0.29) is 11.5 Å². The molecule has 4 N–H and O–H groups in total. The number of nitrogens with zero attached hydrogens (tertiary/aromatic N) is 4. The van der Waals surface area contributed by atoms with Crippen LogP contribution in [0.4, 0.5) is 22.1 Å². The van der Waals surface area contributed by atoms with Crippen LogP contribution < -0.4 is 21.3 Å². The molecule has 33 heavy (non-hydrogen) atoms. The summed E-state index contributed by atoms with van der Waals surface area (Å²) in [6.07, 6.45) is 3.63. The Hall–Kier alpha value is -3.39. The topological polar surface area (TPSA) is 101 Å². The minimum atomic E-state index is -0.605. The van der Waals surface area contributed by atoms with Crippen molar-refractivity contribution in [1.29, 1.82) is 0 Å². The lowest BCUT2D eigenvalue weighted by molar-refractivity contribution is 0.259. The number of benzene rings is 1. The van der Waals surface area contributed by atoms with Gasteiger partial charge in [-0.3, -0.25) is 0 Å². The largest absolute Gasteiger partial charge is 0.351 e. The number of nitrogens with one attached hydrogen (secondary N) is 2. The molecule has 4 rings (SSSR count). The van der Waals surface area contributed by atoms with Crippen LogP contribution in [0, 0.1) is 6.92 Å². The van der Waals surface area contributed by atoms with E-state index in [0.717, 1.165) is 48.9 Å². The predicted molar refractivity (Wildman–Crippen MR) is 132 cm³/mol. The van der Waals surface area contributed by atoms with Crippen molar-refractivity contribution in [3.8, 4) is 5.69 Å². The summed E-state index contributed by atoms with van der Waals surface area (Å²) >= 11 is 0. The van der Waals surface area contributed by atoms with E-state index >= 15 is 0 Å². The molecule has 8 heteroatoms. The monoisotopic (exact) mass is 447 g/mol. The Kier molecular flexibility index (Phi) is 6.37. The molecule has 0 spiro atoms. The van der Waals surface area contributed by atoms with Gasteiger partial charge in [-0.1, -0.05) is 38.5 Å². The maximum atomic E-state index is 11.2. The molecule has 0 unspecified atom stereocenters. The number of aromatic nitrogens is 3. The van der Waals surface area contributed by atoms with Gasteiger partial charge >= 0.3 is 6.03 Å². The molecule has 0 radical (unpaired) electrons. The first kappa shape index (κ1) is 22.8. The summed E-state index contributed by atoms with van der Waals surface area (Å²) in [5.41, 5.74) is 8.96. The number of piperidine rings is 1. The zero-order chi connectivity index (χ0) is 23.6. The van der Waals surface area contributed by atoms with Crippen molar-refractivity contribution >= 4 is 23.4 Å². The number of carbonyl (C=O) groups is 1. The van der Waals surface area contributed by atoms with E-state index in [1.54, 1.807) is 6.20 Å². The molecule has 2 amide bonds. The second-order valence-electron chi connectivity index (χ2n) is 9.63. The summed E-state index contributed by atoms with van der Waals surface area (Å²) in [7, 11) is 0. The quantitative estimate of drug-likeness (QED) is 0.543. The smallest absolute Gasteiger partial charge is 0.316 e. The average Bonchev–Trinajstić information content (AvgIpc) is 3.22. The number of urea groups is 1. The van der Waals surface area contributed by atoms with E-state index < -0.39 is 6.03 Å². The summed E-state index contributed by atoms with van der Waals surface area (Å²) in [5.74, 6) is 1.80. The molecular formula is C25H33N7O. The molecule has 2 aromatic heterocycles. The van der Waals surface area contributed by atoms with Crippen molar-refractivity contribution in [2.45, 2.75) is 52.0 Å². The lowest BCUT2D eigenvalue weighted by atomic mass is 9.92. The third kappa shape index (κ3) is 5.17. The SMILES string of the molecule is Cc1ccc(-n2nc(C(C)(C)C)cc2N(c2ccc(NC(N)=O)cn2)C2CCNCC2)cc1. The van der Waals surface area contributed by atoms with Gasteiger partial charge in [0.05, 0.1) is 23.3 Å². The Bertz CT molecular complexity index is 1090. The minimum absolute atomic E-state index is 0.104. The second kappa shape index (κ2) is 9.23. The van der Waals surface area contributed by atoms with E-state index in [2.05, 4.69) is 73.6 Å². The first-order valence-electron chi connectivity index (χ1n) is 11.4. The highest BCUT2D eigenvalue weighted by Crippen LogP contribution is 2.35. The zero-order valence-electron chi connectivity index (χ0n) is 19.8. The van der Waals surface area contributed by atoms with Gasteiger partial charge in [0.1, 0.15) is 11.6 Å². The standard InChI is InChI=1S/C25H33N7O/c1-17-5-8-20(9-6-17)32-23(15-21(30-32)25(2,3)4)31(19-11-13-27-14-12-19)22-10-7-18(16-28-22)29-24(26)33/h5-10,15-16,19,27H,11-14H2,1-4H3,(H3,26,29,33). The van der Waals surface area contributed by atoms with Crippen LogP contribution in [-0.2, 0) is 5.41 Å². The molecular weight excluding hydrogens is 414 g/mol. The van der Waals surface area contributed by atoms with Crippen LogP contribution in [0.5, 0.6) is 0 Å². The highest BCUT2D eigenvalue weighted by atomic mass is 16.2. The summed E-state index contributed by atoms with van der Waals surface area (Å²) < 4.78 is 2.03. The van der Waals surface area contributed by atoms with Crippen molar-refractivity contribution in [3.05, 3.63) is 59.9 Å². The second-order valence-corrected chi connectivity index (χ2v) is 9.63. The number of pyridine rings is 1. The fourth-order valence-corrected chi connectivity index (χ4v) is 4.09. The Balaban J connectivity index is 1.84. The number of aryl methyl sites for hydroxylation is 1. The highest BCUT2D eigenvalue weighted by Gasteiger charge is 2.30. The van der Waals surface area contributed by atoms with Crippen molar-refractivity contribution in [2.75, 3.05) is 23.3 Å².